The maximum Gasteiger partial charge on any atom is 0.236 e. The predicted octanol–water partition coefficient (Wildman–Crippen LogP) is 2.22. The molecule has 1 saturated heterocycles. The highest BCUT2D eigenvalue weighted by Crippen LogP contribution is 2.32. The number of amides is 1. The Morgan fingerprint density at radius 2 is 2.06 bits per heavy atom. The van der Waals surface area contributed by atoms with E-state index in [2.05, 4.69) is 17.1 Å². The zero-order valence-corrected chi connectivity index (χ0v) is 11.0. The van der Waals surface area contributed by atoms with Crippen LogP contribution in [0.3, 0.4) is 0 Å². The van der Waals surface area contributed by atoms with Crippen LogP contribution < -0.4 is 4.90 Å². The topological polar surface area (TPSA) is 50.3 Å². The van der Waals surface area contributed by atoms with Crippen LogP contribution in [0.15, 0.2) is 12.1 Å². The first kappa shape index (κ1) is 11.3. The molecule has 3 rings (SSSR count). The van der Waals surface area contributed by atoms with E-state index in [-0.39, 0.29) is 24.7 Å². The summed E-state index contributed by atoms with van der Waals surface area (Å²) in [6.45, 7) is 4.21. The third-order valence-corrected chi connectivity index (χ3v) is 4.06. The number of aryl methyl sites for hydroxylation is 2. The fourth-order valence-corrected chi connectivity index (χ4v) is 3.39. The lowest BCUT2D eigenvalue weighted by molar-refractivity contribution is -0.121. The van der Waals surface area contributed by atoms with Gasteiger partial charge in [0.25, 0.3) is 0 Å². The monoisotopic (exact) mass is 260 g/mol. The molecule has 1 aliphatic heterocycles. The average Bonchev–Trinajstić information content (AvgIpc) is 2.81. The molecule has 1 fully saturated rings. The van der Waals surface area contributed by atoms with Crippen molar-refractivity contribution in [1.29, 1.82) is 0 Å². The summed E-state index contributed by atoms with van der Waals surface area (Å²) in [4.78, 5) is 29.0. The summed E-state index contributed by atoms with van der Waals surface area (Å²) in [7, 11) is 0. The van der Waals surface area contributed by atoms with Crippen LogP contribution in [0.4, 0.5) is 5.13 Å². The van der Waals surface area contributed by atoms with Crippen LogP contribution in [0.1, 0.15) is 17.5 Å². The second kappa shape index (κ2) is 3.88. The third kappa shape index (κ3) is 1.71. The largest absolute Gasteiger partial charge is 0.297 e. The van der Waals surface area contributed by atoms with E-state index in [1.165, 1.54) is 21.8 Å². The van der Waals surface area contributed by atoms with E-state index < -0.39 is 0 Å². The molecule has 4 nitrogen and oxygen atoms in total. The summed E-state index contributed by atoms with van der Waals surface area (Å²) < 4.78 is 1.06. The van der Waals surface area contributed by atoms with Crippen LogP contribution in [0.2, 0.25) is 0 Å². The smallest absolute Gasteiger partial charge is 0.236 e. The SMILES string of the molecule is Cc1cc(C)c2nc(N3CC(=O)CC3=O)sc2c1. The van der Waals surface area contributed by atoms with Crippen LogP contribution in [-0.2, 0) is 9.59 Å². The van der Waals surface area contributed by atoms with Crippen LogP contribution in [0.25, 0.3) is 10.2 Å². The molecule has 0 aliphatic carbocycles. The number of carbonyl (C=O) groups is 2. The highest BCUT2D eigenvalue weighted by Gasteiger charge is 2.30. The second-order valence-corrected chi connectivity index (χ2v) is 5.63. The summed E-state index contributed by atoms with van der Waals surface area (Å²) in [5.41, 5.74) is 3.21. The van der Waals surface area contributed by atoms with E-state index in [0.717, 1.165) is 15.8 Å². The van der Waals surface area contributed by atoms with Crippen molar-refractivity contribution in [3.8, 4) is 0 Å². The van der Waals surface area contributed by atoms with Crippen molar-refractivity contribution in [2.24, 2.45) is 0 Å². The van der Waals surface area contributed by atoms with Gasteiger partial charge >= 0.3 is 0 Å². The Labute approximate surface area is 108 Å². The lowest BCUT2D eigenvalue weighted by Crippen LogP contribution is -2.24. The van der Waals surface area contributed by atoms with Crippen LogP contribution in [-0.4, -0.2) is 23.2 Å². The quantitative estimate of drug-likeness (QED) is 0.739. The average molecular weight is 260 g/mol. The van der Waals surface area contributed by atoms with Crippen molar-refractivity contribution in [1.82, 2.24) is 4.98 Å². The van der Waals surface area contributed by atoms with Gasteiger partial charge in [-0.3, -0.25) is 14.5 Å². The zero-order chi connectivity index (χ0) is 12.9. The highest BCUT2D eigenvalue weighted by molar-refractivity contribution is 7.22. The predicted molar refractivity (Wildman–Crippen MR) is 71.1 cm³/mol. The van der Waals surface area contributed by atoms with Gasteiger partial charge in [-0.1, -0.05) is 17.4 Å². The highest BCUT2D eigenvalue weighted by atomic mass is 32.1. The zero-order valence-electron chi connectivity index (χ0n) is 10.2. The number of fused-ring (bicyclic) bond motifs is 1. The number of hydrogen-bond donors (Lipinski definition) is 0. The number of rotatable bonds is 1. The molecular weight excluding hydrogens is 248 g/mol. The van der Waals surface area contributed by atoms with Crippen LogP contribution >= 0.6 is 11.3 Å². The van der Waals surface area contributed by atoms with Gasteiger partial charge in [0.05, 0.1) is 23.2 Å². The van der Waals surface area contributed by atoms with Crippen molar-refractivity contribution in [3.63, 3.8) is 0 Å². The first-order valence-electron chi connectivity index (χ1n) is 5.74. The van der Waals surface area contributed by atoms with Gasteiger partial charge in [0.2, 0.25) is 5.91 Å². The maximum atomic E-state index is 11.7. The van der Waals surface area contributed by atoms with Crippen LogP contribution in [0.5, 0.6) is 0 Å². The molecule has 5 heteroatoms. The summed E-state index contributed by atoms with van der Waals surface area (Å²) in [6.07, 6.45) is 0.00787. The Hall–Kier alpha value is -1.75. The molecule has 0 N–H and O–H groups in total. The van der Waals surface area contributed by atoms with E-state index in [1.54, 1.807) is 0 Å². The number of anilines is 1. The first-order valence-corrected chi connectivity index (χ1v) is 6.56. The molecule has 0 atom stereocenters. The van der Waals surface area contributed by atoms with Crippen LogP contribution in [0, 0.1) is 13.8 Å². The minimum Gasteiger partial charge on any atom is -0.297 e. The molecule has 1 aromatic carbocycles. The Kier molecular flexibility index (Phi) is 2.45. The normalized spacial score (nSPS) is 16.0. The van der Waals surface area contributed by atoms with Gasteiger partial charge in [-0.15, -0.1) is 0 Å². The number of nitrogens with zero attached hydrogens (tertiary/aromatic N) is 2. The van der Waals surface area contributed by atoms with Gasteiger partial charge in [-0.05, 0) is 31.0 Å². The number of ketones is 1. The molecule has 0 radical (unpaired) electrons. The fourth-order valence-electron chi connectivity index (χ4n) is 2.23. The summed E-state index contributed by atoms with van der Waals surface area (Å²) in [5.74, 6) is -0.180. The van der Waals surface area contributed by atoms with Gasteiger partial charge in [-0.25, -0.2) is 4.98 Å². The lowest BCUT2D eigenvalue weighted by Gasteiger charge is -2.08. The maximum absolute atomic E-state index is 11.7. The molecular formula is C13H12N2O2S. The Bertz CT molecular complexity index is 675. The minimum absolute atomic E-state index is 0.00787. The van der Waals surface area contributed by atoms with E-state index >= 15 is 0 Å². The molecule has 18 heavy (non-hydrogen) atoms. The number of thiazole rings is 1. The fraction of sp³-hybridized carbons (Fsp3) is 0.308. The minimum atomic E-state index is -0.145. The second-order valence-electron chi connectivity index (χ2n) is 4.62. The number of benzene rings is 1. The Morgan fingerprint density at radius 3 is 2.72 bits per heavy atom. The molecule has 2 heterocycles. The molecule has 1 amide bonds. The summed E-state index contributed by atoms with van der Waals surface area (Å²) in [5, 5.41) is 0.634. The molecule has 1 aliphatic rings. The van der Waals surface area contributed by atoms with Gasteiger partial charge < -0.3 is 0 Å². The van der Waals surface area contributed by atoms with E-state index in [9.17, 15) is 9.59 Å². The summed E-state index contributed by atoms with van der Waals surface area (Å²) in [6, 6.07) is 4.13. The summed E-state index contributed by atoms with van der Waals surface area (Å²) >= 11 is 1.47. The van der Waals surface area contributed by atoms with Gasteiger partial charge in [0.1, 0.15) is 0 Å². The molecule has 0 saturated carbocycles. The number of hydrogen-bond acceptors (Lipinski definition) is 4. The van der Waals surface area contributed by atoms with Crippen molar-refractivity contribution in [3.05, 3.63) is 23.3 Å². The molecule has 92 valence electrons. The first-order chi connectivity index (χ1) is 8.54. The third-order valence-electron chi connectivity index (χ3n) is 3.03. The van der Waals surface area contributed by atoms with Crippen molar-refractivity contribution in [2.75, 3.05) is 11.4 Å². The molecule has 0 unspecified atom stereocenters. The van der Waals surface area contributed by atoms with Crippen molar-refractivity contribution < 1.29 is 9.59 Å². The van der Waals surface area contributed by atoms with E-state index in [0.29, 0.717) is 5.13 Å². The van der Waals surface area contributed by atoms with Gasteiger partial charge in [0.15, 0.2) is 10.9 Å². The van der Waals surface area contributed by atoms with Crippen molar-refractivity contribution >= 4 is 38.4 Å². The van der Waals surface area contributed by atoms with E-state index in [1.807, 2.05) is 13.8 Å². The van der Waals surface area contributed by atoms with Gasteiger partial charge in [0, 0.05) is 0 Å². The molecule has 0 bridgehead atoms. The van der Waals surface area contributed by atoms with Gasteiger partial charge in [-0.2, -0.15) is 0 Å². The molecule has 0 spiro atoms. The van der Waals surface area contributed by atoms with E-state index in [4.69, 9.17) is 0 Å². The number of carbonyl (C=O) groups excluding carboxylic acids is 2. The number of aromatic nitrogens is 1. The number of Topliss-reactive ketones (excluding diaryl/α,β-unsaturated/α-hetero) is 1. The standard InChI is InChI=1S/C13H12N2O2S/c1-7-3-8(2)12-10(4-7)18-13(14-12)15-6-9(16)5-11(15)17/h3-4H,5-6H2,1-2H3. The lowest BCUT2D eigenvalue weighted by atomic mass is 10.1. The Morgan fingerprint density at radius 1 is 1.28 bits per heavy atom. The molecule has 1 aromatic heterocycles. The van der Waals surface area contributed by atoms with Crippen molar-refractivity contribution in [2.45, 2.75) is 20.3 Å². The molecule has 2 aromatic rings. The Balaban J connectivity index is 2.11.